The van der Waals surface area contributed by atoms with E-state index in [9.17, 15) is 4.79 Å². The van der Waals surface area contributed by atoms with Crippen LogP contribution in [-0.4, -0.2) is 20.1 Å². The minimum atomic E-state index is -1.09. The molecule has 5 nitrogen and oxygen atoms in total. The van der Waals surface area contributed by atoms with Gasteiger partial charge in [-0.2, -0.15) is 0 Å². The highest BCUT2D eigenvalue weighted by atomic mass is 16.6. The van der Waals surface area contributed by atoms with Crippen LogP contribution in [0.15, 0.2) is 66.9 Å². The number of carbonyl (C=O) groups is 1. The van der Waals surface area contributed by atoms with Gasteiger partial charge in [0.2, 0.25) is 0 Å². The van der Waals surface area contributed by atoms with Gasteiger partial charge in [-0.1, -0.05) is 42.5 Å². The Morgan fingerprint density at radius 1 is 0.879 bits per heavy atom. The van der Waals surface area contributed by atoms with Gasteiger partial charge in [-0.05, 0) is 39.0 Å². The first kappa shape index (κ1) is 19.8. The van der Waals surface area contributed by atoms with Crippen molar-refractivity contribution in [2.75, 3.05) is 0 Å². The molecule has 164 valence electrons. The van der Waals surface area contributed by atoms with Gasteiger partial charge in [0, 0.05) is 69.7 Å². The quantitative estimate of drug-likeness (QED) is 0.345. The fourth-order valence-electron chi connectivity index (χ4n) is 5.84. The lowest BCUT2D eigenvalue weighted by Gasteiger charge is -2.31. The highest BCUT2D eigenvalue weighted by molar-refractivity contribution is 6.00. The average Bonchev–Trinajstić information content (AvgIpc) is 3.39. The van der Waals surface area contributed by atoms with Crippen molar-refractivity contribution >= 4 is 27.8 Å². The number of rotatable bonds is 3. The number of aryl methyl sites for hydroxylation is 2. The number of ether oxygens (including phenoxy) is 1. The molecule has 5 heteroatoms. The largest absolute Gasteiger partial charge is 0.439 e. The number of pyridine rings is 1. The summed E-state index contributed by atoms with van der Waals surface area (Å²) in [6, 6.07) is 20.6. The van der Waals surface area contributed by atoms with Crippen LogP contribution in [0.2, 0.25) is 0 Å². The predicted molar refractivity (Wildman–Crippen MR) is 130 cm³/mol. The van der Waals surface area contributed by atoms with Crippen molar-refractivity contribution in [1.82, 2.24) is 14.1 Å². The van der Waals surface area contributed by atoms with Crippen LogP contribution in [0.3, 0.4) is 0 Å². The molecule has 6 rings (SSSR count). The summed E-state index contributed by atoms with van der Waals surface area (Å²) in [5, 5.41) is 2.17. The molecule has 0 amide bonds. The zero-order valence-corrected chi connectivity index (χ0v) is 19.2. The second-order valence-corrected chi connectivity index (χ2v) is 8.73. The summed E-state index contributed by atoms with van der Waals surface area (Å²) in [5.41, 5.74) is 6.52. The second kappa shape index (κ2) is 6.82. The Morgan fingerprint density at radius 3 is 2.24 bits per heavy atom. The van der Waals surface area contributed by atoms with Gasteiger partial charge in [0.15, 0.2) is 11.3 Å². The number of cyclic esters (lactones) is 1. The van der Waals surface area contributed by atoms with Crippen LogP contribution >= 0.6 is 0 Å². The fraction of sp³-hybridized carbons (Fsp3) is 0.214. The first-order valence-electron chi connectivity index (χ1n) is 11.3. The van der Waals surface area contributed by atoms with E-state index in [2.05, 4.69) is 78.3 Å². The van der Waals surface area contributed by atoms with E-state index in [4.69, 9.17) is 4.74 Å². The van der Waals surface area contributed by atoms with E-state index in [0.717, 1.165) is 56.4 Å². The van der Waals surface area contributed by atoms with E-state index in [1.54, 1.807) is 6.20 Å². The number of fused-ring (bicyclic) bond motifs is 3. The summed E-state index contributed by atoms with van der Waals surface area (Å²) in [6.45, 7) is 7.21. The Bertz CT molecular complexity index is 1590. The van der Waals surface area contributed by atoms with Crippen molar-refractivity contribution in [3.63, 3.8) is 0 Å². The van der Waals surface area contributed by atoms with Crippen LogP contribution in [0, 0.1) is 13.8 Å². The zero-order valence-electron chi connectivity index (χ0n) is 19.2. The highest BCUT2D eigenvalue weighted by Crippen LogP contribution is 2.53. The Balaban J connectivity index is 1.87. The molecule has 1 aliphatic rings. The number of carbonyl (C=O) groups excluding carboxylic acids is 1. The fourth-order valence-corrected chi connectivity index (χ4v) is 5.84. The maximum Gasteiger partial charge on any atom is 0.358 e. The molecular formula is C28H25N3O2. The Labute approximate surface area is 192 Å². The van der Waals surface area contributed by atoms with E-state index in [1.165, 1.54) is 0 Å². The topological polar surface area (TPSA) is 49.0 Å². The van der Waals surface area contributed by atoms with Crippen molar-refractivity contribution in [1.29, 1.82) is 0 Å². The molecule has 33 heavy (non-hydrogen) atoms. The summed E-state index contributed by atoms with van der Waals surface area (Å²) in [5.74, 6) is -0.384. The molecule has 1 aliphatic heterocycles. The van der Waals surface area contributed by atoms with E-state index >= 15 is 0 Å². The van der Waals surface area contributed by atoms with Crippen LogP contribution in [0.4, 0.5) is 0 Å². The lowest BCUT2D eigenvalue weighted by atomic mass is 9.78. The van der Waals surface area contributed by atoms with Crippen molar-refractivity contribution in [3.8, 4) is 0 Å². The monoisotopic (exact) mass is 435 g/mol. The molecule has 1 atom stereocenters. The van der Waals surface area contributed by atoms with Crippen LogP contribution in [0.25, 0.3) is 21.8 Å². The third-order valence-electron chi connectivity index (χ3n) is 7.28. The molecule has 0 bridgehead atoms. The number of para-hydroxylation sites is 2. The number of aromatic nitrogens is 3. The van der Waals surface area contributed by atoms with Gasteiger partial charge < -0.3 is 13.9 Å². The summed E-state index contributed by atoms with van der Waals surface area (Å²) in [6.07, 6.45) is 1.66. The minimum Gasteiger partial charge on any atom is -0.439 e. The third kappa shape index (κ3) is 2.37. The number of nitrogens with zero attached hydrogens (tertiary/aromatic N) is 3. The van der Waals surface area contributed by atoms with Gasteiger partial charge in [0.05, 0.1) is 0 Å². The molecule has 0 aliphatic carbocycles. The molecule has 1 unspecified atom stereocenters. The molecule has 2 aromatic carbocycles. The standard InChI is InChI=1S/C28H25N3O2/c1-5-31-18(3)25(20-12-7-9-15-23(20)31)28(21-13-10-16-29-26(21)27(32)33-28)24-17(2)30(4)22-14-8-6-11-19(22)24/h6-16H,5H2,1-4H3. The van der Waals surface area contributed by atoms with Crippen LogP contribution in [0.1, 0.15) is 45.5 Å². The minimum absolute atomic E-state index is 0.384. The van der Waals surface area contributed by atoms with Crippen molar-refractivity contribution in [3.05, 3.63) is 101 Å². The summed E-state index contributed by atoms with van der Waals surface area (Å²) in [4.78, 5) is 17.8. The van der Waals surface area contributed by atoms with E-state index < -0.39 is 5.60 Å². The molecular weight excluding hydrogens is 410 g/mol. The molecule has 0 saturated heterocycles. The lowest BCUT2D eigenvalue weighted by Crippen LogP contribution is -2.31. The maximum atomic E-state index is 13.3. The Morgan fingerprint density at radius 2 is 1.52 bits per heavy atom. The molecule has 0 spiro atoms. The van der Waals surface area contributed by atoms with Crippen molar-refractivity contribution in [2.45, 2.75) is 32.9 Å². The van der Waals surface area contributed by atoms with Gasteiger partial charge in [0.25, 0.3) is 0 Å². The number of benzene rings is 2. The lowest BCUT2D eigenvalue weighted by molar-refractivity contribution is 0.0253. The van der Waals surface area contributed by atoms with Crippen LogP contribution in [-0.2, 0) is 23.9 Å². The smallest absolute Gasteiger partial charge is 0.358 e. The van der Waals surface area contributed by atoms with Gasteiger partial charge >= 0.3 is 5.97 Å². The number of esters is 1. The normalized spacial score (nSPS) is 17.6. The van der Waals surface area contributed by atoms with Crippen molar-refractivity contribution < 1.29 is 9.53 Å². The van der Waals surface area contributed by atoms with E-state index in [-0.39, 0.29) is 5.97 Å². The molecule has 5 aromatic rings. The molecule has 0 radical (unpaired) electrons. The zero-order chi connectivity index (χ0) is 22.9. The first-order chi connectivity index (χ1) is 16.0. The third-order valence-corrected chi connectivity index (χ3v) is 7.28. The van der Waals surface area contributed by atoms with E-state index in [1.807, 2.05) is 24.3 Å². The molecule has 3 aromatic heterocycles. The van der Waals surface area contributed by atoms with Gasteiger partial charge in [-0.25, -0.2) is 9.78 Å². The number of hydrogen-bond acceptors (Lipinski definition) is 3. The SMILES string of the molecule is CCn1c(C)c(C2(c3c(C)n(C)c4ccccc34)OC(=O)c3ncccc32)c2ccccc21. The Hall–Kier alpha value is -3.86. The maximum absolute atomic E-state index is 13.3. The predicted octanol–water partition coefficient (Wildman–Crippen LogP) is 5.63. The van der Waals surface area contributed by atoms with Gasteiger partial charge in [-0.15, -0.1) is 0 Å². The van der Waals surface area contributed by atoms with Crippen LogP contribution < -0.4 is 0 Å². The average molecular weight is 436 g/mol. The van der Waals surface area contributed by atoms with Crippen LogP contribution in [0.5, 0.6) is 0 Å². The highest BCUT2D eigenvalue weighted by Gasteiger charge is 2.53. The van der Waals surface area contributed by atoms with Crippen molar-refractivity contribution in [2.24, 2.45) is 7.05 Å². The second-order valence-electron chi connectivity index (χ2n) is 8.73. The summed E-state index contributed by atoms with van der Waals surface area (Å²) >= 11 is 0. The number of hydrogen-bond donors (Lipinski definition) is 0. The van der Waals surface area contributed by atoms with E-state index in [0.29, 0.717) is 5.69 Å². The molecule has 0 saturated carbocycles. The van der Waals surface area contributed by atoms with Gasteiger partial charge in [0.1, 0.15) is 0 Å². The summed E-state index contributed by atoms with van der Waals surface area (Å²) in [7, 11) is 2.07. The summed E-state index contributed by atoms with van der Waals surface area (Å²) < 4.78 is 11.0. The molecule has 0 fully saturated rings. The molecule has 0 N–H and O–H groups in total. The first-order valence-corrected chi connectivity index (χ1v) is 11.3. The Kier molecular flexibility index (Phi) is 4.09. The van der Waals surface area contributed by atoms with Gasteiger partial charge in [-0.3, -0.25) is 0 Å². The molecule has 4 heterocycles.